The summed E-state index contributed by atoms with van der Waals surface area (Å²) in [4.78, 5) is 0. The van der Waals surface area contributed by atoms with Crippen LogP contribution in [0.5, 0.6) is 5.75 Å². The average Bonchev–Trinajstić information content (AvgIpc) is 2.47. The molecule has 1 aromatic carbocycles. The first-order chi connectivity index (χ1) is 6.54. The Hall–Kier alpha value is -0.150. The zero-order chi connectivity index (χ0) is 10.2. The van der Waals surface area contributed by atoms with Gasteiger partial charge in [-0.15, -0.1) is 11.3 Å². The Morgan fingerprint density at radius 2 is 1.93 bits per heavy atom. The summed E-state index contributed by atoms with van der Waals surface area (Å²) in [6.45, 7) is 0. The van der Waals surface area contributed by atoms with Crippen LogP contribution in [0.15, 0.2) is 29.6 Å². The van der Waals surface area contributed by atoms with Gasteiger partial charge in [-0.1, -0.05) is 0 Å². The second kappa shape index (κ2) is 3.78. The minimum atomic E-state index is -1.70. The normalized spacial score (nSPS) is 11.9. The van der Waals surface area contributed by atoms with Gasteiger partial charge in [-0.2, -0.15) is 0 Å². The van der Waals surface area contributed by atoms with Gasteiger partial charge in [0.05, 0.1) is 0 Å². The summed E-state index contributed by atoms with van der Waals surface area (Å²) < 4.78 is 4.49. The highest BCUT2D eigenvalue weighted by Crippen LogP contribution is 2.32. The van der Waals surface area contributed by atoms with E-state index in [1.54, 1.807) is 17.4 Å². The number of hydrogen-bond donors (Lipinski definition) is 0. The lowest BCUT2D eigenvalue weighted by Gasteiger charge is -2.13. The van der Waals surface area contributed by atoms with Crippen LogP contribution >= 0.6 is 46.1 Å². The van der Waals surface area contributed by atoms with E-state index in [2.05, 4.69) is 0 Å². The van der Waals surface area contributed by atoms with Crippen molar-refractivity contribution in [3.05, 3.63) is 29.6 Å². The summed E-state index contributed by atoms with van der Waals surface area (Å²) in [5, 5.41) is 3.16. The molecule has 2 aromatic rings. The molecule has 0 radical (unpaired) electrons. The van der Waals surface area contributed by atoms with Crippen molar-refractivity contribution in [3.63, 3.8) is 0 Å². The van der Waals surface area contributed by atoms with Gasteiger partial charge in [0.1, 0.15) is 5.75 Å². The molecule has 0 bridgehead atoms. The van der Waals surface area contributed by atoms with Gasteiger partial charge in [0.15, 0.2) is 0 Å². The van der Waals surface area contributed by atoms with Crippen molar-refractivity contribution >= 4 is 56.2 Å². The number of halogens is 3. The van der Waals surface area contributed by atoms with Crippen LogP contribution in [0.3, 0.4) is 0 Å². The van der Waals surface area contributed by atoms with E-state index in [4.69, 9.17) is 39.5 Å². The van der Waals surface area contributed by atoms with Gasteiger partial charge in [-0.3, -0.25) is 0 Å². The van der Waals surface area contributed by atoms with Crippen LogP contribution < -0.4 is 4.74 Å². The Balaban J connectivity index is 2.35. The van der Waals surface area contributed by atoms with E-state index in [-0.39, 0.29) is 0 Å². The molecule has 0 atom stereocenters. The Labute approximate surface area is 100 Å². The summed E-state index contributed by atoms with van der Waals surface area (Å²) in [6, 6.07) is 7.58. The molecular formula is C9H5Cl3OS. The maximum atomic E-state index is 5.50. The summed E-state index contributed by atoms with van der Waals surface area (Å²) in [5.74, 6) is 0.556. The first-order valence-corrected chi connectivity index (χ1v) is 5.79. The lowest BCUT2D eigenvalue weighted by molar-refractivity contribution is 0.321. The number of alkyl halides is 3. The minimum absolute atomic E-state index is 0.556. The predicted molar refractivity (Wildman–Crippen MR) is 62.7 cm³/mol. The monoisotopic (exact) mass is 266 g/mol. The topological polar surface area (TPSA) is 9.23 Å². The molecule has 0 amide bonds. The maximum Gasteiger partial charge on any atom is 0.338 e. The average molecular weight is 268 g/mol. The first kappa shape index (κ1) is 10.4. The van der Waals surface area contributed by atoms with Gasteiger partial charge >= 0.3 is 3.98 Å². The third-order valence-electron chi connectivity index (χ3n) is 1.66. The summed E-state index contributed by atoms with van der Waals surface area (Å²) >= 11 is 18.1. The van der Waals surface area contributed by atoms with Crippen molar-refractivity contribution < 1.29 is 4.74 Å². The van der Waals surface area contributed by atoms with Crippen molar-refractivity contribution in [2.75, 3.05) is 0 Å². The van der Waals surface area contributed by atoms with Crippen molar-refractivity contribution in [1.29, 1.82) is 0 Å². The molecule has 0 aliphatic carbocycles. The van der Waals surface area contributed by atoms with E-state index < -0.39 is 3.98 Å². The van der Waals surface area contributed by atoms with Crippen LogP contribution in [0.4, 0.5) is 0 Å². The van der Waals surface area contributed by atoms with Gasteiger partial charge in [0, 0.05) is 4.70 Å². The minimum Gasteiger partial charge on any atom is -0.446 e. The standard InChI is InChI=1S/C9H5Cl3OS/c10-9(11,12)13-7-2-1-6-3-4-14-8(6)5-7/h1-5H. The smallest absolute Gasteiger partial charge is 0.338 e. The van der Waals surface area contributed by atoms with Crippen molar-refractivity contribution in [2.45, 2.75) is 3.98 Å². The molecular weight excluding hydrogens is 263 g/mol. The second-order valence-electron chi connectivity index (χ2n) is 2.67. The fourth-order valence-electron chi connectivity index (χ4n) is 1.13. The van der Waals surface area contributed by atoms with Crippen LogP contribution in [0.2, 0.25) is 0 Å². The third-order valence-corrected chi connectivity index (χ3v) is 2.77. The number of hydrogen-bond acceptors (Lipinski definition) is 2. The molecule has 5 heteroatoms. The largest absolute Gasteiger partial charge is 0.446 e. The van der Waals surface area contributed by atoms with E-state index in [0.717, 1.165) is 10.1 Å². The van der Waals surface area contributed by atoms with Crippen molar-refractivity contribution in [2.24, 2.45) is 0 Å². The van der Waals surface area contributed by atoms with Crippen LogP contribution in [0.1, 0.15) is 0 Å². The Bertz CT molecular complexity index is 446. The summed E-state index contributed by atoms with van der Waals surface area (Å²) in [5.41, 5.74) is 0. The van der Waals surface area contributed by atoms with E-state index in [1.165, 1.54) is 0 Å². The molecule has 1 nitrogen and oxygen atoms in total. The molecule has 1 aromatic heterocycles. The fraction of sp³-hybridized carbons (Fsp3) is 0.111. The SMILES string of the molecule is ClC(Cl)(Cl)Oc1ccc2ccsc2c1. The van der Waals surface area contributed by atoms with E-state index in [0.29, 0.717) is 5.75 Å². The molecule has 0 spiro atoms. The second-order valence-corrected chi connectivity index (χ2v) is 5.79. The number of benzene rings is 1. The Morgan fingerprint density at radius 1 is 1.14 bits per heavy atom. The molecule has 0 N–H and O–H groups in total. The van der Waals surface area contributed by atoms with E-state index in [1.807, 2.05) is 23.6 Å². The number of rotatable bonds is 1. The Morgan fingerprint density at radius 3 is 2.64 bits per heavy atom. The zero-order valence-electron chi connectivity index (χ0n) is 6.84. The van der Waals surface area contributed by atoms with Gasteiger partial charge in [0.25, 0.3) is 0 Å². The highest BCUT2D eigenvalue weighted by Gasteiger charge is 2.21. The number of fused-ring (bicyclic) bond motifs is 1. The zero-order valence-corrected chi connectivity index (χ0v) is 9.92. The van der Waals surface area contributed by atoms with E-state index >= 15 is 0 Å². The highest BCUT2D eigenvalue weighted by molar-refractivity contribution is 7.17. The molecule has 0 unspecified atom stereocenters. The van der Waals surface area contributed by atoms with E-state index in [9.17, 15) is 0 Å². The fourth-order valence-corrected chi connectivity index (χ4v) is 2.22. The molecule has 0 saturated heterocycles. The van der Waals surface area contributed by atoms with Crippen molar-refractivity contribution in [1.82, 2.24) is 0 Å². The first-order valence-electron chi connectivity index (χ1n) is 3.78. The quantitative estimate of drug-likeness (QED) is 0.686. The maximum absolute atomic E-state index is 5.50. The molecule has 2 rings (SSSR count). The molecule has 74 valence electrons. The van der Waals surface area contributed by atoms with Crippen LogP contribution in [-0.2, 0) is 0 Å². The van der Waals surface area contributed by atoms with Crippen LogP contribution in [0, 0.1) is 0 Å². The summed E-state index contributed by atoms with van der Waals surface area (Å²) in [6.07, 6.45) is 0. The van der Waals surface area contributed by atoms with Crippen LogP contribution in [-0.4, -0.2) is 3.98 Å². The molecule has 14 heavy (non-hydrogen) atoms. The molecule has 1 heterocycles. The lowest BCUT2D eigenvalue weighted by atomic mass is 10.2. The molecule has 0 fully saturated rings. The lowest BCUT2D eigenvalue weighted by Crippen LogP contribution is -2.12. The predicted octanol–water partition coefficient (Wildman–Crippen LogP) is 4.61. The van der Waals surface area contributed by atoms with Gasteiger partial charge in [-0.05, 0) is 69.8 Å². The van der Waals surface area contributed by atoms with Crippen molar-refractivity contribution in [3.8, 4) is 5.75 Å². The van der Waals surface area contributed by atoms with Crippen LogP contribution in [0.25, 0.3) is 10.1 Å². The van der Waals surface area contributed by atoms with Gasteiger partial charge in [-0.25, -0.2) is 0 Å². The molecule has 0 saturated carbocycles. The molecule has 0 aliphatic heterocycles. The van der Waals surface area contributed by atoms with Gasteiger partial charge in [0.2, 0.25) is 0 Å². The van der Waals surface area contributed by atoms with Gasteiger partial charge < -0.3 is 4.74 Å². The summed E-state index contributed by atoms with van der Waals surface area (Å²) in [7, 11) is 0. The Kier molecular flexibility index (Phi) is 2.80. The highest BCUT2D eigenvalue weighted by atomic mass is 35.6. The third kappa shape index (κ3) is 2.45. The number of ether oxygens (including phenoxy) is 1. The molecule has 0 aliphatic rings. The number of thiophene rings is 1.